The topological polar surface area (TPSA) is 74.0 Å². The van der Waals surface area contributed by atoms with Crippen LogP contribution in [0.4, 0.5) is 0 Å². The summed E-state index contributed by atoms with van der Waals surface area (Å²) in [5.74, 6) is 0.595. The summed E-state index contributed by atoms with van der Waals surface area (Å²) in [4.78, 5) is 12.3. The number of nitrogens with one attached hydrogen (secondary N) is 1. The van der Waals surface area contributed by atoms with Gasteiger partial charge in [-0.1, -0.05) is 12.1 Å². The predicted octanol–water partition coefficient (Wildman–Crippen LogP) is 2.51. The highest BCUT2D eigenvalue weighted by Crippen LogP contribution is 2.19. The van der Waals surface area contributed by atoms with Crippen LogP contribution < -0.4 is 10.1 Å². The maximum Gasteiger partial charge on any atom is 0.272 e. The molecule has 0 unspecified atom stereocenters. The molecule has 7 nitrogen and oxygen atoms in total. The molecule has 0 aliphatic heterocycles. The molecule has 1 amide bonds. The number of carbonyl (C=O) groups is 1. The summed E-state index contributed by atoms with van der Waals surface area (Å²) in [6.45, 7) is 6.65. The van der Waals surface area contributed by atoms with Gasteiger partial charge in [0.1, 0.15) is 11.4 Å². The average Bonchev–Trinajstić information content (AvgIpc) is 3.22. The summed E-state index contributed by atoms with van der Waals surface area (Å²) in [5, 5.41) is 11.3. The third-order valence-corrected chi connectivity index (χ3v) is 4.35. The fourth-order valence-corrected chi connectivity index (χ4v) is 2.54. The minimum absolute atomic E-state index is 0.223. The molecule has 26 heavy (non-hydrogen) atoms. The Morgan fingerprint density at radius 3 is 2.77 bits per heavy atom. The van der Waals surface area contributed by atoms with Crippen LogP contribution in [0.1, 0.15) is 32.9 Å². The number of benzene rings is 1. The van der Waals surface area contributed by atoms with Gasteiger partial charge in [0.25, 0.3) is 5.91 Å². The molecule has 2 heterocycles. The average molecular weight is 353 g/mol. The zero-order valence-corrected chi connectivity index (χ0v) is 15.5. The minimum Gasteiger partial charge on any atom is -0.471 e. The van der Waals surface area contributed by atoms with Crippen molar-refractivity contribution in [1.29, 1.82) is 0 Å². The normalized spacial score (nSPS) is 10.8. The third kappa shape index (κ3) is 3.93. The van der Waals surface area contributed by atoms with E-state index < -0.39 is 0 Å². The SMILES string of the molecule is Cc1ccc(C)c(OCn2ccc(C(=O)NCc3cnn(C)c3C)n2)c1. The van der Waals surface area contributed by atoms with E-state index >= 15 is 0 Å². The van der Waals surface area contributed by atoms with Crippen molar-refractivity contribution in [2.45, 2.75) is 34.0 Å². The maximum atomic E-state index is 12.3. The highest BCUT2D eigenvalue weighted by Gasteiger charge is 2.11. The number of aromatic nitrogens is 4. The van der Waals surface area contributed by atoms with Crippen LogP contribution in [0.3, 0.4) is 0 Å². The van der Waals surface area contributed by atoms with E-state index in [1.807, 2.05) is 46.0 Å². The summed E-state index contributed by atoms with van der Waals surface area (Å²) in [6, 6.07) is 7.73. The van der Waals surface area contributed by atoms with Gasteiger partial charge in [0, 0.05) is 31.0 Å². The Morgan fingerprint density at radius 1 is 1.23 bits per heavy atom. The van der Waals surface area contributed by atoms with Crippen LogP contribution in [0.5, 0.6) is 5.75 Å². The zero-order valence-electron chi connectivity index (χ0n) is 15.5. The van der Waals surface area contributed by atoms with E-state index in [2.05, 4.69) is 15.5 Å². The maximum absolute atomic E-state index is 12.3. The highest BCUT2D eigenvalue weighted by atomic mass is 16.5. The van der Waals surface area contributed by atoms with Crippen LogP contribution >= 0.6 is 0 Å². The molecular formula is C19H23N5O2. The smallest absolute Gasteiger partial charge is 0.272 e. The second-order valence-electron chi connectivity index (χ2n) is 6.34. The molecule has 3 rings (SSSR count). The van der Waals surface area contributed by atoms with Crippen LogP contribution in [0.25, 0.3) is 0 Å². The lowest BCUT2D eigenvalue weighted by molar-refractivity contribution is 0.0943. The van der Waals surface area contributed by atoms with Crippen molar-refractivity contribution in [3.05, 3.63) is 64.7 Å². The lowest BCUT2D eigenvalue weighted by Gasteiger charge is -2.09. The van der Waals surface area contributed by atoms with Crippen molar-refractivity contribution in [1.82, 2.24) is 24.9 Å². The van der Waals surface area contributed by atoms with Crippen molar-refractivity contribution in [3.8, 4) is 5.75 Å². The first-order chi connectivity index (χ1) is 12.4. The summed E-state index contributed by atoms with van der Waals surface area (Å²) >= 11 is 0. The van der Waals surface area contributed by atoms with Gasteiger partial charge < -0.3 is 10.1 Å². The first-order valence-electron chi connectivity index (χ1n) is 8.43. The van der Waals surface area contributed by atoms with Crippen molar-refractivity contribution in [2.75, 3.05) is 0 Å². The van der Waals surface area contributed by atoms with Gasteiger partial charge in [-0.3, -0.25) is 9.48 Å². The number of rotatable bonds is 6. The Bertz CT molecular complexity index is 926. The second-order valence-corrected chi connectivity index (χ2v) is 6.34. The fraction of sp³-hybridized carbons (Fsp3) is 0.316. The van der Waals surface area contributed by atoms with Gasteiger partial charge in [-0.2, -0.15) is 10.2 Å². The number of carbonyl (C=O) groups excluding carboxylic acids is 1. The predicted molar refractivity (Wildman–Crippen MR) is 97.9 cm³/mol. The molecule has 0 aliphatic carbocycles. The molecule has 0 fully saturated rings. The van der Waals surface area contributed by atoms with Crippen LogP contribution in [-0.2, 0) is 20.3 Å². The minimum atomic E-state index is -0.223. The lowest BCUT2D eigenvalue weighted by Crippen LogP contribution is -2.24. The molecule has 0 saturated carbocycles. The molecule has 136 valence electrons. The van der Waals surface area contributed by atoms with Crippen LogP contribution in [-0.4, -0.2) is 25.5 Å². The summed E-state index contributed by atoms with van der Waals surface area (Å²) in [6.07, 6.45) is 3.49. The van der Waals surface area contributed by atoms with Gasteiger partial charge in [0.15, 0.2) is 6.73 Å². The quantitative estimate of drug-likeness (QED) is 0.739. The molecule has 2 aromatic heterocycles. The molecule has 1 aromatic carbocycles. The van der Waals surface area contributed by atoms with Crippen molar-refractivity contribution in [3.63, 3.8) is 0 Å². The van der Waals surface area contributed by atoms with E-state index in [-0.39, 0.29) is 12.6 Å². The Kier molecular flexibility index (Phi) is 5.06. The number of ether oxygens (including phenoxy) is 1. The molecule has 0 atom stereocenters. The van der Waals surface area contributed by atoms with Crippen molar-refractivity contribution >= 4 is 5.91 Å². The Labute approximate surface area is 152 Å². The van der Waals surface area contributed by atoms with Crippen molar-refractivity contribution in [2.24, 2.45) is 7.05 Å². The molecule has 7 heteroatoms. The van der Waals surface area contributed by atoms with Gasteiger partial charge in [0.05, 0.1) is 6.20 Å². The largest absolute Gasteiger partial charge is 0.471 e. The number of amides is 1. The van der Waals surface area contributed by atoms with Crippen molar-refractivity contribution < 1.29 is 9.53 Å². The van der Waals surface area contributed by atoms with E-state index in [9.17, 15) is 4.79 Å². The number of hydrogen-bond donors (Lipinski definition) is 1. The molecular weight excluding hydrogens is 330 g/mol. The van der Waals surface area contributed by atoms with Gasteiger partial charge in [0.2, 0.25) is 0 Å². The first-order valence-corrected chi connectivity index (χ1v) is 8.43. The van der Waals surface area contributed by atoms with E-state index in [0.29, 0.717) is 12.2 Å². The molecule has 0 radical (unpaired) electrons. The van der Waals surface area contributed by atoms with Crippen LogP contribution in [0, 0.1) is 20.8 Å². The second kappa shape index (κ2) is 7.43. The molecule has 0 bridgehead atoms. The Balaban J connectivity index is 1.57. The van der Waals surface area contributed by atoms with E-state index in [1.54, 1.807) is 27.8 Å². The number of aryl methyl sites for hydroxylation is 3. The summed E-state index contributed by atoms with van der Waals surface area (Å²) < 4.78 is 9.18. The number of hydrogen-bond acceptors (Lipinski definition) is 4. The standard InChI is InChI=1S/C19H23N5O2/c1-13-5-6-14(2)18(9-13)26-12-24-8-7-17(22-24)19(25)20-10-16-11-21-23(4)15(16)3/h5-9,11H,10,12H2,1-4H3,(H,20,25). The van der Waals surface area contributed by atoms with E-state index in [0.717, 1.165) is 28.1 Å². The first kappa shape index (κ1) is 17.7. The van der Waals surface area contributed by atoms with Gasteiger partial charge in [-0.25, -0.2) is 4.68 Å². The molecule has 3 aromatic rings. The zero-order chi connectivity index (χ0) is 18.7. The molecule has 0 saturated heterocycles. The van der Waals surface area contributed by atoms with Gasteiger partial charge >= 0.3 is 0 Å². The van der Waals surface area contributed by atoms with Crippen LogP contribution in [0.15, 0.2) is 36.7 Å². The van der Waals surface area contributed by atoms with Gasteiger partial charge in [-0.15, -0.1) is 0 Å². The van der Waals surface area contributed by atoms with Gasteiger partial charge in [-0.05, 0) is 44.0 Å². The highest BCUT2D eigenvalue weighted by molar-refractivity contribution is 5.92. The third-order valence-electron chi connectivity index (χ3n) is 4.35. The molecule has 1 N–H and O–H groups in total. The summed E-state index contributed by atoms with van der Waals surface area (Å²) in [5.41, 5.74) is 4.57. The Hall–Kier alpha value is -3.09. The van der Waals surface area contributed by atoms with E-state index in [4.69, 9.17) is 4.74 Å². The monoisotopic (exact) mass is 353 g/mol. The fourth-order valence-electron chi connectivity index (χ4n) is 2.54. The Morgan fingerprint density at radius 2 is 2.04 bits per heavy atom. The number of nitrogens with zero attached hydrogens (tertiary/aromatic N) is 4. The molecule has 0 spiro atoms. The summed E-state index contributed by atoms with van der Waals surface area (Å²) in [7, 11) is 1.87. The molecule has 0 aliphatic rings. The van der Waals surface area contributed by atoms with Crippen LogP contribution in [0.2, 0.25) is 0 Å². The van der Waals surface area contributed by atoms with E-state index in [1.165, 1.54) is 0 Å². The lowest BCUT2D eigenvalue weighted by atomic mass is 10.1.